The lowest BCUT2D eigenvalue weighted by Crippen LogP contribution is -2.59. The minimum atomic E-state index is -3.83. The van der Waals surface area contributed by atoms with Gasteiger partial charge in [-0.3, -0.25) is 9.71 Å². The van der Waals surface area contributed by atoms with Gasteiger partial charge in [-0.1, -0.05) is 31.0 Å². The number of rotatable bonds is 10. The van der Waals surface area contributed by atoms with Crippen LogP contribution >= 0.6 is 0 Å². The van der Waals surface area contributed by atoms with E-state index in [0.717, 1.165) is 18.4 Å². The topological polar surface area (TPSA) is 158 Å². The molecule has 0 aromatic heterocycles. The zero-order valence-corrected chi connectivity index (χ0v) is 18.5. The Kier molecular flexibility index (Phi) is 9.82. The first kappa shape index (κ1) is 25.7. The fraction of sp³-hybridized carbons (Fsp3) is 0.650. The zero-order valence-electron chi connectivity index (χ0n) is 17.7. The van der Waals surface area contributed by atoms with Gasteiger partial charge in [-0.15, -0.1) is 0 Å². The molecule has 0 spiro atoms. The third kappa shape index (κ3) is 7.21. The van der Waals surface area contributed by atoms with Gasteiger partial charge in [0.2, 0.25) is 0 Å². The molecule has 1 heterocycles. The van der Waals surface area contributed by atoms with Gasteiger partial charge in [0.25, 0.3) is 10.0 Å². The summed E-state index contributed by atoms with van der Waals surface area (Å²) in [4.78, 5) is 4.42. The highest BCUT2D eigenvalue weighted by atomic mass is 32.2. The number of aliphatic imine (C=N–C) groups is 1. The monoisotopic (exact) mass is 460 g/mol. The Balaban J connectivity index is 2.02. The van der Waals surface area contributed by atoms with E-state index in [1.807, 2.05) is 13.8 Å². The molecule has 0 saturated carbocycles. The van der Waals surface area contributed by atoms with Crippen LogP contribution in [-0.4, -0.2) is 85.1 Å². The second kappa shape index (κ2) is 11.9. The predicted molar refractivity (Wildman–Crippen MR) is 113 cm³/mol. The molecule has 2 rings (SSSR count). The lowest BCUT2D eigenvalue weighted by Gasteiger charge is -2.39. The summed E-state index contributed by atoms with van der Waals surface area (Å²) in [5.41, 5.74) is 0.934. The van der Waals surface area contributed by atoms with Gasteiger partial charge in [0.1, 0.15) is 30.3 Å². The Morgan fingerprint density at radius 2 is 1.84 bits per heavy atom. The lowest BCUT2D eigenvalue weighted by molar-refractivity contribution is -0.300. The number of amidine groups is 1. The molecule has 10 nitrogen and oxygen atoms in total. The van der Waals surface area contributed by atoms with Crippen molar-refractivity contribution in [2.75, 3.05) is 19.8 Å². The maximum absolute atomic E-state index is 12.7. The Morgan fingerprint density at radius 3 is 2.45 bits per heavy atom. The average molecular weight is 461 g/mol. The highest BCUT2D eigenvalue weighted by Crippen LogP contribution is 2.22. The summed E-state index contributed by atoms with van der Waals surface area (Å²) in [6, 6.07) is 6.41. The Bertz CT molecular complexity index is 813. The summed E-state index contributed by atoms with van der Waals surface area (Å²) in [5.74, 6) is 0.193. The van der Waals surface area contributed by atoms with Gasteiger partial charge in [-0.2, -0.15) is 0 Å². The van der Waals surface area contributed by atoms with E-state index in [1.54, 1.807) is 12.1 Å². The van der Waals surface area contributed by atoms with E-state index in [2.05, 4.69) is 9.71 Å². The number of aliphatic hydroxyl groups excluding tert-OH is 4. The number of aliphatic hydroxyl groups is 4. The standard InChI is InChI=1S/C20H32N2O8S/c1-3-4-10-21-16(22-31(27,28)14-7-5-13(2)6-8-14)9-11-29-20-19(26)18(25)17(24)15(12-23)30-20/h5-8,15,17-20,23-26H,3-4,9-12H2,1-2H3,(H,21,22)/t15-,17-,18+,19-,20-/m1/s1. The van der Waals surface area contributed by atoms with Crippen LogP contribution in [0.1, 0.15) is 31.7 Å². The largest absolute Gasteiger partial charge is 0.394 e. The third-order valence-corrected chi connectivity index (χ3v) is 6.26. The molecule has 5 atom stereocenters. The molecule has 176 valence electrons. The van der Waals surface area contributed by atoms with Crippen LogP contribution in [0.2, 0.25) is 0 Å². The van der Waals surface area contributed by atoms with Gasteiger partial charge in [0.15, 0.2) is 6.29 Å². The van der Waals surface area contributed by atoms with Crippen molar-refractivity contribution in [1.82, 2.24) is 4.72 Å². The molecule has 1 aromatic rings. The number of benzene rings is 1. The van der Waals surface area contributed by atoms with Gasteiger partial charge in [-0.25, -0.2) is 8.42 Å². The van der Waals surface area contributed by atoms with Crippen LogP contribution in [0.15, 0.2) is 34.2 Å². The number of aryl methyl sites for hydroxylation is 1. The fourth-order valence-electron chi connectivity index (χ4n) is 2.94. The number of nitrogens with zero attached hydrogens (tertiary/aromatic N) is 1. The van der Waals surface area contributed by atoms with Crippen molar-refractivity contribution in [1.29, 1.82) is 0 Å². The van der Waals surface area contributed by atoms with Gasteiger partial charge >= 0.3 is 0 Å². The molecule has 0 radical (unpaired) electrons. The van der Waals surface area contributed by atoms with E-state index >= 15 is 0 Å². The number of sulfonamides is 1. The van der Waals surface area contributed by atoms with E-state index in [1.165, 1.54) is 12.1 Å². The molecule has 1 aliphatic rings. The molecule has 0 bridgehead atoms. The Hall–Kier alpha value is -1.60. The van der Waals surface area contributed by atoms with Crippen LogP contribution in [-0.2, 0) is 19.5 Å². The van der Waals surface area contributed by atoms with Crippen LogP contribution in [0.25, 0.3) is 0 Å². The number of unbranched alkanes of at least 4 members (excludes halogenated alkanes) is 1. The molecule has 1 fully saturated rings. The quantitative estimate of drug-likeness (QED) is 0.181. The smallest absolute Gasteiger partial charge is 0.262 e. The lowest BCUT2D eigenvalue weighted by atomic mass is 9.99. The second-order valence-corrected chi connectivity index (χ2v) is 9.10. The minimum Gasteiger partial charge on any atom is -0.394 e. The van der Waals surface area contributed by atoms with Crippen molar-refractivity contribution in [3.63, 3.8) is 0 Å². The van der Waals surface area contributed by atoms with Crippen LogP contribution in [0.5, 0.6) is 0 Å². The SMILES string of the molecule is CCCCN=C(CCO[C@@H]1O[C@H](CO)[C@@H](O)[C@H](O)[C@H]1O)NS(=O)(=O)c1ccc(C)cc1. The van der Waals surface area contributed by atoms with Crippen molar-refractivity contribution < 1.29 is 38.3 Å². The molecule has 0 unspecified atom stereocenters. The predicted octanol–water partition coefficient (Wildman–Crippen LogP) is -0.321. The van der Waals surface area contributed by atoms with E-state index in [9.17, 15) is 28.8 Å². The van der Waals surface area contributed by atoms with Crippen molar-refractivity contribution in [2.45, 2.75) is 68.7 Å². The Labute approximate surface area is 182 Å². The summed E-state index contributed by atoms with van der Waals surface area (Å²) in [6.07, 6.45) is -5.18. The molecule has 1 aromatic carbocycles. The number of ether oxygens (including phenoxy) is 2. The first-order chi connectivity index (χ1) is 14.7. The van der Waals surface area contributed by atoms with Crippen molar-refractivity contribution >= 4 is 15.9 Å². The van der Waals surface area contributed by atoms with E-state index < -0.39 is 47.3 Å². The van der Waals surface area contributed by atoms with Crippen LogP contribution < -0.4 is 4.72 Å². The summed E-state index contributed by atoms with van der Waals surface area (Å²) in [5, 5.41) is 38.9. The zero-order chi connectivity index (χ0) is 23.0. The van der Waals surface area contributed by atoms with Crippen LogP contribution in [0, 0.1) is 6.92 Å². The van der Waals surface area contributed by atoms with E-state index in [-0.39, 0.29) is 23.8 Å². The van der Waals surface area contributed by atoms with Crippen molar-refractivity contribution in [3.05, 3.63) is 29.8 Å². The van der Waals surface area contributed by atoms with E-state index in [0.29, 0.717) is 6.54 Å². The van der Waals surface area contributed by atoms with Crippen molar-refractivity contribution in [2.24, 2.45) is 4.99 Å². The van der Waals surface area contributed by atoms with E-state index in [4.69, 9.17) is 9.47 Å². The normalized spacial score (nSPS) is 27.3. The van der Waals surface area contributed by atoms with Crippen LogP contribution in [0.4, 0.5) is 0 Å². The molecule has 1 aliphatic heterocycles. The maximum Gasteiger partial charge on any atom is 0.262 e. The summed E-state index contributed by atoms with van der Waals surface area (Å²) in [7, 11) is -3.83. The number of hydrogen-bond acceptors (Lipinski definition) is 9. The first-order valence-electron chi connectivity index (χ1n) is 10.2. The molecular weight excluding hydrogens is 428 g/mol. The van der Waals surface area contributed by atoms with Gasteiger partial charge in [-0.05, 0) is 25.5 Å². The summed E-state index contributed by atoms with van der Waals surface area (Å²) in [6.45, 7) is 3.64. The first-order valence-corrected chi connectivity index (χ1v) is 11.7. The molecule has 5 N–H and O–H groups in total. The third-order valence-electron chi connectivity index (χ3n) is 4.87. The van der Waals surface area contributed by atoms with Gasteiger partial charge in [0, 0.05) is 13.0 Å². The molecule has 0 aliphatic carbocycles. The van der Waals surface area contributed by atoms with Gasteiger partial charge in [0.05, 0.1) is 18.1 Å². The molecule has 11 heteroatoms. The highest BCUT2D eigenvalue weighted by molar-refractivity contribution is 7.90. The average Bonchev–Trinajstić information content (AvgIpc) is 2.73. The van der Waals surface area contributed by atoms with Crippen LogP contribution in [0.3, 0.4) is 0 Å². The number of hydrogen-bond donors (Lipinski definition) is 5. The van der Waals surface area contributed by atoms with Crippen molar-refractivity contribution in [3.8, 4) is 0 Å². The summed E-state index contributed by atoms with van der Waals surface area (Å²) >= 11 is 0. The molecule has 1 saturated heterocycles. The number of nitrogens with one attached hydrogen (secondary N) is 1. The summed E-state index contributed by atoms with van der Waals surface area (Å²) < 4.78 is 38.6. The highest BCUT2D eigenvalue weighted by Gasteiger charge is 2.43. The molecule has 31 heavy (non-hydrogen) atoms. The molecular formula is C20H32N2O8S. The van der Waals surface area contributed by atoms with Gasteiger partial charge < -0.3 is 29.9 Å². The Morgan fingerprint density at radius 1 is 1.16 bits per heavy atom. The minimum absolute atomic E-state index is 0.0732. The maximum atomic E-state index is 12.7. The second-order valence-electron chi connectivity index (χ2n) is 7.42. The fourth-order valence-corrected chi connectivity index (χ4v) is 4.03. The molecule has 0 amide bonds.